The van der Waals surface area contributed by atoms with Crippen molar-refractivity contribution in [2.24, 2.45) is 11.7 Å². The zero-order valence-electron chi connectivity index (χ0n) is 17.7. The number of rotatable bonds is 6. The molecule has 0 bridgehead atoms. The number of aromatic nitrogens is 1. The Kier molecular flexibility index (Phi) is 6.79. The van der Waals surface area contributed by atoms with Crippen LogP contribution in [0.25, 0.3) is 10.9 Å². The Morgan fingerprint density at radius 2 is 1.81 bits per heavy atom. The minimum Gasteiger partial charge on any atom is -0.366 e. The third-order valence-electron chi connectivity index (χ3n) is 6.01. The summed E-state index contributed by atoms with van der Waals surface area (Å²) in [6, 6.07) is 1.00. The molecule has 4 rings (SSSR count). The predicted octanol–water partition coefficient (Wildman–Crippen LogP) is 3.07. The van der Waals surface area contributed by atoms with Crippen molar-refractivity contribution in [2.45, 2.75) is 45.2 Å². The molecule has 1 saturated carbocycles. The van der Waals surface area contributed by atoms with Gasteiger partial charge >= 0.3 is 0 Å². The van der Waals surface area contributed by atoms with Crippen LogP contribution < -0.4 is 16.1 Å². The Morgan fingerprint density at radius 3 is 2.31 bits per heavy atom. The molecule has 2 fully saturated rings. The van der Waals surface area contributed by atoms with Crippen molar-refractivity contribution in [3.8, 4) is 0 Å². The van der Waals surface area contributed by atoms with E-state index in [2.05, 4.69) is 0 Å². The van der Waals surface area contributed by atoms with Gasteiger partial charge in [0, 0.05) is 31.4 Å². The van der Waals surface area contributed by atoms with Crippen molar-refractivity contribution in [1.82, 2.24) is 4.57 Å². The van der Waals surface area contributed by atoms with Gasteiger partial charge < -0.3 is 15.2 Å². The van der Waals surface area contributed by atoms with Crippen molar-refractivity contribution in [2.75, 3.05) is 18.0 Å². The van der Waals surface area contributed by atoms with Crippen molar-refractivity contribution >= 4 is 57.9 Å². The Hall–Kier alpha value is -2.29. The number of benzene rings is 1. The van der Waals surface area contributed by atoms with Crippen molar-refractivity contribution in [1.29, 1.82) is 0 Å². The van der Waals surface area contributed by atoms with E-state index in [1.807, 2.05) is 0 Å². The number of Topliss-reactive ketones (excluding diaryl/α,β-unsaturated/α-hetero) is 3. The molecule has 0 amide bonds. The molecular formula is C22H24Cl2FN3O4. The minimum absolute atomic E-state index is 0. The third kappa shape index (κ3) is 4.07. The second kappa shape index (κ2) is 8.92. The van der Waals surface area contributed by atoms with Crippen LogP contribution in [0.3, 0.4) is 0 Å². The van der Waals surface area contributed by atoms with Crippen LogP contribution in [0.4, 0.5) is 10.1 Å². The summed E-state index contributed by atoms with van der Waals surface area (Å²) in [6.45, 7) is 3.26. The summed E-state index contributed by atoms with van der Waals surface area (Å²) in [5.74, 6) is -4.37. The van der Waals surface area contributed by atoms with Crippen LogP contribution in [0.5, 0.6) is 0 Å². The highest BCUT2D eigenvalue weighted by Crippen LogP contribution is 2.42. The number of pyridine rings is 1. The van der Waals surface area contributed by atoms with E-state index in [0.29, 0.717) is 25.0 Å². The molecule has 2 heterocycles. The maximum atomic E-state index is 15.1. The van der Waals surface area contributed by atoms with Crippen LogP contribution in [0.15, 0.2) is 17.1 Å². The molecule has 7 nitrogen and oxygen atoms in total. The first-order chi connectivity index (χ1) is 14.6. The van der Waals surface area contributed by atoms with Gasteiger partial charge in [-0.2, -0.15) is 0 Å². The molecule has 1 aromatic carbocycles. The van der Waals surface area contributed by atoms with E-state index in [0.717, 1.165) is 32.8 Å². The number of nitrogens with zero attached hydrogens (tertiary/aromatic N) is 2. The molecular weight excluding hydrogens is 460 g/mol. The number of fused-ring (bicyclic) bond motifs is 1. The summed E-state index contributed by atoms with van der Waals surface area (Å²) in [7, 11) is 0. The highest BCUT2D eigenvalue weighted by atomic mass is 35.5. The van der Waals surface area contributed by atoms with Crippen LogP contribution >= 0.6 is 24.0 Å². The zero-order valence-corrected chi connectivity index (χ0v) is 19.3. The number of nitrogens with two attached hydrogens (primary N) is 1. The molecule has 1 aliphatic heterocycles. The first kappa shape index (κ1) is 24.4. The van der Waals surface area contributed by atoms with Gasteiger partial charge in [0.25, 0.3) is 0 Å². The van der Waals surface area contributed by atoms with Crippen LogP contribution in [0.1, 0.15) is 49.5 Å². The summed E-state index contributed by atoms with van der Waals surface area (Å²) < 4.78 is 16.8. The minimum atomic E-state index is -1.55. The molecule has 1 saturated heterocycles. The van der Waals surface area contributed by atoms with E-state index < -0.39 is 34.5 Å². The second-order valence-electron chi connectivity index (χ2n) is 8.44. The summed E-state index contributed by atoms with van der Waals surface area (Å²) in [5.41, 5.74) is 5.46. The van der Waals surface area contributed by atoms with E-state index in [1.165, 1.54) is 6.20 Å². The lowest BCUT2D eigenvalue weighted by Crippen LogP contribution is -2.33. The fourth-order valence-electron chi connectivity index (χ4n) is 4.34. The normalized spacial score (nSPS) is 18.2. The molecule has 2 N–H and O–H groups in total. The molecule has 2 aliphatic rings. The Balaban J connectivity index is 0.00000289. The van der Waals surface area contributed by atoms with Crippen molar-refractivity contribution in [3.05, 3.63) is 38.9 Å². The summed E-state index contributed by atoms with van der Waals surface area (Å²) in [5, 5.41) is 0.0557. The summed E-state index contributed by atoms with van der Waals surface area (Å²) >= 11 is 6.64. The quantitative estimate of drug-likeness (QED) is 0.500. The molecule has 1 aromatic heterocycles. The molecule has 0 radical (unpaired) electrons. The Bertz CT molecular complexity index is 1180. The summed E-state index contributed by atoms with van der Waals surface area (Å²) in [6.07, 6.45) is 3.69. The second-order valence-corrected chi connectivity index (χ2v) is 8.82. The van der Waals surface area contributed by atoms with Gasteiger partial charge in [-0.25, -0.2) is 4.39 Å². The van der Waals surface area contributed by atoms with Crippen LogP contribution in [0, 0.1) is 11.7 Å². The maximum Gasteiger partial charge on any atom is 0.200 e. The molecule has 10 heteroatoms. The maximum absolute atomic E-state index is 15.1. The number of anilines is 1. The van der Waals surface area contributed by atoms with Gasteiger partial charge in [-0.05, 0) is 39.2 Å². The Morgan fingerprint density at radius 1 is 1.19 bits per heavy atom. The lowest BCUT2D eigenvalue weighted by molar-refractivity contribution is -0.128. The highest BCUT2D eigenvalue weighted by Gasteiger charge is 2.35. The fourth-order valence-corrected chi connectivity index (χ4v) is 4.75. The highest BCUT2D eigenvalue weighted by molar-refractivity contribution is 6.38. The van der Waals surface area contributed by atoms with Crippen molar-refractivity contribution < 1.29 is 18.8 Å². The SMILES string of the molecule is CC(=O)C(C(C)=O)C(=O)c1cn(C2CC2)c2c(Cl)c(N3CC[C@@H](N)C3)c(F)cc2c1=O.Cl. The molecule has 32 heavy (non-hydrogen) atoms. The summed E-state index contributed by atoms with van der Waals surface area (Å²) in [4.78, 5) is 51.7. The van der Waals surface area contributed by atoms with E-state index in [-0.39, 0.29) is 46.2 Å². The van der Waals surface area contributed by atoms with Gasteiger partial charge in [-0.15, -0.1) is 12.4 Å². The average molecular weight is 484 g/mol. The van der Waals surface area contributed by atoms with E-state index >= 15 is 4.39 Å². The van der Waals surface area contributed by atoms with Crippen molar-refractivity contribution in [3.63, 3.8) is 0 Å². The number of halogens is 3. The van der Waals surface area contributed by atoms with Gasteiger partial charge in [0.15, 0.2) is 11.2 Å². The molecule has 0 spiro atoms. The third-order valence-corrected chi connectivity index (χ3v) is 6.36. The smallest absolute Gasteiger partial charge is 0.200 e. The Labute approximate surface area is 195 Å². The van der Waals surface area contributed by atoms with E-state index in [4.69, 9.17) is 17.3 Å². The fraction of sp³-hybridized carbons (Fsp3) is 0.455. The van der Waals surface area contributed by atoms with Gasteiger partial charge in [0.1, 0.15) is 23.3 Å². The van der Waals surface area contributed by atoms with E-state index in [1.54, 1.807) is 9.47 Å². The number of carbonyl (C=O) groups excluding carboxylic acids is 3. The number of carbonyl (C=O) groups is 3. The molecule has 0 unspecified atom stereocenters. The van der Waals surface area contributed by atoms with Gasteiger partial charge in [-0.3, -0.25) is 19.2 Å². The predicted molar refractivity (Wildman–Crippen MR) is 123 cm³/mol. The van der Waals surface area contributed by atoms with Crippen LogP contribution in [-0.4, -0.2) is 41.0 Å². The lowest BCUT2D eigenvalue weighted by atomic mass is 9.91. The van der Waals surface area contributed by atoms with Crippen LogP contribution in [-0.2, 0) is 9.59 Å². The largest absolute Gasteiger partial charge is 0.366 e. The number of hydrogen-bond acceptors (Lipinski definition) is 6. The monoisotopic (exact) mass is 483 g/mol. The zero-order chi connectivity index (χ0) is 22.6. The lowest BCUT2D eigenvalue weighted by Gasteiger charge is -2.23. The van der Waals surface area contributed by atoms with Gasteiger partial charge in [0.05, 0.1) is 27.2 Å². The number of hydrogen-bond donors (Lipinski definition) is 1. The number of ketones is 3. The van der Waals surface area contributed by atoms with Gasteiger partial charge in [0.2, 0.25) is 0 Å². The topological polar surface area (TPSA) is 102 Å². The average Bonchev–Trinajstić information content (AvgIpc) is 3.43. The van der Waals surface area contributed by atoms with Crippen LogP contribution in [0.2, 0.25) is 5.02 Å². The molecule has 1 atom stereocenters. The van der Waals surface area contributed by atoms with Gasteiger partial charge in [-0.1, -0.05) is 11.6 Å². The molecule has 2 aromatic rings. The molecule has 1 aliphatic carbocycles. The first-order valence-electron chi connectivity index (χ1n) is 10.2. The molecule has 172 valence electrons. The standard InChI is InChI=1S/C22H23ClFN3O4.ClH/c1-10(28)17(11(2)29)22(31)15-9-27(13-3-4-13)19-14(21(15)30)7-16(24)20(18(19)23)26-6-5-12(25)8-26;/h7,9,12-13,17H,3-6,8,25H2,1-2H3;1H/t12-;/m1./s1. The van der Waals surface area contributed by atoms with E-state index in [9.17, 15) is 19.2 Å². The first-order valence-corrected chi connectivity index (χ1v) is 10.6.